The van der Waals surface area contributed by atoms with Crippen LogP contribution in [0.15, 0.2) is 0 Å². The Morgan fingerprint density at radius 3 is 2.60 bits per heavy atom. The third kappa shape index (κ3) is 1.79. The van der Waals surface area contributed by atoms with E-state index in [1.807, 2.05) is 0 Å². The largest absolute Gasteiger partial charge is 0.375 e. The Bertz CT molecular complexity index is 298. The summed E-state index contributed by atoms with van der Waals surface area (Å²) in [5.74, 6) is 2.84. The van der Waals surface area contributed by atoms with Gasteiger partial charge in [0.2, 0.25) is 0 Å². The van der Waals surface area contributed by atoms with E-state index in [1.54, 1.807) is 0 Å². The minimum atomic E-state index is -0.149. The summed E-state index contributed by atoms with van der Waals surface area (Å²) in [6.45, 7) is 8.33. The first kappa shape index (κ1) is 11.0. The molecule has 1 aliphatic carbocycles. The van der Waals surface area contributed by atoms with Crippen LogP contribution in [-0.4, -0.2) is 24.3 Å². The van der Waals surface area contributed by atoms with Gasteiger partial charge in [0.25, 0.3) is 0 Å². The lowest BCUT2D eigenvalue weighted by molar-refractivity contribution is 0.00258. The number of fused-ring (bicyclic) bond motifs is 1. The molecule has 0 amide bonds. The molecular formula is C13H21NO. The standard InChI is InChI=1S/C13H21NO/c1-5-11(3,6-2)14-9-13-7-12(4,8-13)15-10-13/h1,14H,6-10H2,2-4H3. The Kier molecular flexibility index (Phi) is 2.37. The van der Waals surface area contributed by atoms with Crippen molar-refractivity contribution < 1.29 is 4.74 Å². The minimum absolute atomic E-state index is 0.149. The van der Waals surface area contributed by atoms with Gasteiger partial charge in [-0.15, -0.1) is 6.42 Å². The van der Waals surface area contributed by atoms with Gasteiger partial charge in [-0.2, -0.15) is 0 Å². The van der Waals surface area contributed by atoms with Crippen molar-refractivity contribution in [1.82, 2.24) is 5.32 Å². The fourth-order valence-electron chi connectivity index (χ4n) is 2.90. The quantitative estimate of drug-likeness (QED) is 0.711. The summed E-state index contributed by atoms with van der Waals surface area (Å²) in [4.78, 5) is 0. The Morgan fingerprint density at radius 1 is 1.53 bits per heavy atom. The second-order valence-electron chi connectivity index (χ2n) is 5.78. The normalized spacial score (nSPS) is 41.7. The second kappa shape index (κ2) is 3.23. The van der Waals surface area contributed by atoms with Crippen molar-refractivity contribution in [3.05, 3.63) is 0 Å². The molecule has 1 atom stereocenters. The van der Waals surface area contributed by atoms with Crippen molar-refractivity contribution in [2.45, 2.75) is 51.2 Å². The molecule has 1 saturated carbocycles. The van der Waals surface area contributed by atoms with E-state index in [0.29, 0.717) is 5.41 Å². The van der Waals surface area contributed by atoms with Crippen LogP contribution in [0, 0.1) is 17.8 Å². The molecule has 3 rings (SSSR count). The summed E-state index contributed by atoms with van der Waals surface area (Å²) in [7, 11) is 0. The average Bonchev–Trinajstić information content (AvgIpc) is 2.68. The Hall–Kier alpha value is -0.520. The Morgan fingerprint density at radius 2 is 2.20 bits per heavy atom. The molecule has 84 valence electrons. The van der Waals surface area contributed by atoms with Crippen LogP contribution in [0.3, 0.4) is 0 Å². The first-order valence-corrected chi connectivity index (χ1v) is 5.82. The van der Waals surface area contributed by atoms with Gasteiger partial charge in [0.1, 0.15) is 0 Å². The molecule has 2 bridgehead atoms. The highest BCUT2D eigenvalue weighted by molar-refractivity contribution is 5.14. The van der Waals surface area contributed by atoms with Crippen LogP contribution in [0.25, 0.3) is 0 Å². The highest BCUT2D eigenvalue weighted by Crippen LogP contribution is 2.57. The molecule has 2 saturated heterocycles. The van der Waals surface area contributed by atoms with E-state index in [2.05, 4.69) is 32.0 Å². The van der Waals surface area contributed by atoms with Crippen molar-refractivity contribution in [2.75, 3.05) is 13.2 Å². The second-order valence-corrected chi connectivity index (χ2v) is 5.78. The fourth-order valence-corrected chi connectivity index (χ4v) is 2.90. The van der Waals surface area contributed by atoms with E-state index in [1.165, 1.54) is 12.8 Å². The molecule has 0 radical (unpaired) electrons. The zero-order chi connectivity index (χ0) is 11.2. The third-order valence-corrected chi connectivity index (χ3v) is 4.10. The minimum Gasteiger partial charge on any atom is -0.375 e. The first-order chi connectivity index (χ1) is 6.95. The summed E-state index contributed by atoms with van der Waals surface area (Å²) >= 11 is 0. The van der Waals surface area contributed by atoms with Crippen LogP contribution < -0.4 is 5.32 Å². The maximum atomic E-state index is 5.76. The topological polar surface area (TPSA) is 21.3 Å². The Balaban J connectivity index is 1.88. The molecule has 0 aromatic heterocycles. The van der Waals surface area contributed by atoms with Crippen molar-refractivity contribution in [2.24, 2.45) is 5.41 Å². The number of hydrogen-bond donors (Lipinski definition) is 1. The fraction of sp³-hybridized carbons (Fsp3) is 0.846. The molecule has 2 heteroatoms. The lowest BCUT2D eigenvalue weighted by atomic mass is 9.63. The monoisotopic (exact) mass is 207 g/mol. The van der Waals surface area contributed by atoms with Crippen LogP contribution in [0.5, 0.6) is 0 Å². The van der Waals surface area contributed by atoms with Gasteiger partial charge >= 0.3 is 0 Å². The van der Waals surface area contributed by atoms with Crippen LogP contribution in [-0.2, 0) is 4.74 Å². The van der Waals surface area contributed by atoms with Crippen molar-refractivity contribution in [1.29, 1.82) is 0 Å². The van der Waals surface area contributed by atoms with Gasteiger partial charge in [0, 0.05) is 12.0 Å². The van der Waals surface area contributed by atoms with Gasteiger partial charge in [0.05, 0.1) is 17.7 Å². The van der Waals surface area contributed by atoms with Gasteiger partial charge in [-0.3, -0.25) is 0 Å². The van der Waals surface area contributed by atoms with Crippen LogP contribution in [0.1, 0.15) is 40.0 Å². The molecular weight excluding hydrogens is 186 g/mol. The van der Waals surface area contributed by atoms with Gasteiger partial charge < -0.3 is 10.1 Å². The predicted molar refractivity (Wildman–Crippen MR) is 61.6 cm³/mol. The first-order valence-electron chi connectivity index (χ1n) is 5.82. The third-order valence-electron chi connectivity index (χ3n) is 4.10. The van der Waals surface area contributed by atoms with Crippen molar-refractivity contribution >= 4 is 0 Å². The Labute approximate surface area is 92.8 Å². The molecule has 1 unspecified atom stereocenters. The highest BCUT2D eigenvalue weighted by Gasteiger charge is 2.59. The van der Waals surface area contributed by atoms with Gasteiger partial charge in [0.15, 0.2) is 0 Å². The maximum absolute atomic E-state index is 5.76. The SMILES string of the molecule is C#CC(C)(CC)NCC12COC(C)(C1)C2. The predicted octanol–water partition coefficient (Wildman–Crippen LogP) is 1.95. The van der Waals surface area contributed by atoms with Crippen molar-refractivity contribution in [3.63, 3.8) is 0 Å². The molecule has 3 aliphatic rings. The van der Waals surface area contributed by atoms with Crippen LogP contribution >= 0.6 is 0 Å². The van der Waals surface area contributed by atoms with Crippen LogP contribution in [0.4, 0.5) is 0 Å². The molecule has 2 heterocycles. The molecule has 1 N–H and O–H groups in total. The van der Waals surface area contributed by atoms with E-state index in [4.69, 9.17) is 11.2 Å². The molecule has 2 nitrogen and oxygen atoms in total. The molecule has 2 aliphatic heterocycles. The van der Waals surface area contributed by atoms with Gasteiger partial charge in [-0.05, 0) is 33.1 Å². The molecule has 3 fully saturated rings. The summed E-state index contributed by atoms with van der Waals surface area (Å²) in [6.07, 6.45) is 8.89. The average molecular weight is 207 g/mol. The molecule has 0 spiro atoms. The van der Waals surface area contributed by atoms with Gasteiger partial charge in [-0.1, -0.05) is 12.8 Å². The van der Waals surface area contributed by atoms with Gasteiger partial charge in [-0.25, -0.2) is 0 Å². The lowest BCUT2D eigenvalue weighted by Crippen LogP contribution is -2.52. The number of ether oxygens (including phenoxy) is 1. The van der Waals surface area contributed by atoms with E-state index >= 15 is 0 Å². The summed E-state index contributed by atoms with van der Waals surface area (Å²) in [5, 5.41) is 3.52. The van der Waals surface area contributed by atoms with E-state index in [9.17, 15) is 0 Å². The zero-order valence-electron chi connectivity index (χ0n) is 10.0. The number of terminal acetylenes is 1. The lowest BCUT2D eigenvalue weighted by Gasteiger charge is -2.44. The number of nitrogens with one attached hydrogen (secondary N) is 1. The van der Waals surface area contributed by atoms with E-state index < -0.39 is 0 Å². The molecule has 0 aromatic carbocycles. The molecule has 15 heavy (non-hydrogen) atoms. The van der Waals surface area contributed by atoms with E-state index in [0.717, 1.165) is 19.6 Å². The smallest absolute Gasteiger partial charge is 0.0767 e. The van der Waals surface area contributed by atoms with Crippen molar-refractivity contribution in [3.8, 4) is 12.3 Å². The summed E-state index contributed by atoms with van der Waals surface area (Å²) in [6, 6.07) is 0. The summed E-state index contributed by atoms with van der Waals surface area (Å²) < 4.78 is 5.76. The zero-order valence-corrected chi connectivity index (χ0v) is 10.0. The molecule has 0 aromatic rings. The maximum Gasteiger partial charge on any atom is 0.0767 e. The number of rotatable bonds is 4. The number of hydrogen-bond acceptors (Lipinski definition) is 2. The van der Waals surface area contributed by atoms with Crippen LogP contribution in [0.2, 0.25) is 0 Å². The highest BCUT2D eigenvalue weighted by atomic mass is 16.5. The van der Waals surface area contributed by atoms with E-state index in [-0.39, 0.29) is 11.1 Å². The summed E-state index contributed by atoms with van der Waals surface area (Å²) in [5.41, 5.74) is 0.409.